The third-order valence-electron chi connectivity index (χ3n) is 8.87. The molecule has 202 valence electrons. The van der Waals surface area contributed by atoms with Gasteiger partial charge in [-0.3, -0.25) is 4.98 Å². The average molecular weight is 527 g/mol. The van der Waals surface area contributed by atoms with Gasteiger partial charge in [-0.05, 0) is 69.4 Å². The summed E-state index contributed by atoms with van der Waals surface area (Å²) in [4.78, 5) is 18.8. The first-order valence-corrected chi connectivity index (χ1v) is 14.2. The number of likely N-dealkylation sites (N-methyl/N-ethyl adjacent to an activating group) is 1. The van der Waals surface area contributed by atoms with E-state index in [0.717, 1.165) is 67.6 Å². The predicted molar refractivity (Wildman–Crippen MR) is 153 cm³/mol. The maximum absolute atomic E-state index is 16.5. The molecule has 5 heterocycles. The standard InChI is InChI=1S/C31H35FN6O/c1-19-8-9-24-21(13-19)5-3-7-25(24)28-27(32)29-26(16-34-28)30(38-12-10-20-14-22(17-38)33-15-20)36-31(35-29)39-18-23-6-4-11-37(23)2/h3,5,7-9,13,16,20,22-23,33H,4,6,10-12,14-15,17-18H2,1-2H3/t20?,22?,23-/m0/s1. The number of rotatable bonds is 5. The second kappa shape index (κ2) is 9.99. The lowest BCUT2D eigenvalue weighted by Crippen LogP contribution is -2.39. The van der Waals surface area contributed by atoms with Gasteiger partial charge in [0.2, 0.25) is 0 Å². The molecule has 7 nitrogen and oxygen atoms in total. The van der Waals surface area contributed by atoms with E-state index in [0.29, 0.717) is 35.7 Å². The van der Waals surface area contributed by atoms with Crippen molar-refractivity contribution in [2.24, 2.45) is 5.92 Å². The van der Waals surface area contributed by atoms with E-state index in [1.165, 1.54) is 12.0 Å². The highest BCUT2D eigenvalue weighted by molar-refractivity contribution is 5.99. The maximum atomic E-state index is 16.5. The number of benzene rings is 2. The van der Waals surface area contributed by atoms with Gasteiger partial charge >= 0.3 is 6.01 Å². The van der Waals surface area contributed by atoms with Crippen molar-refractivity contribution in [1.82, 2.24) is 25.2 Å². The Labute approximate surface area is 228 Å². The van der Waals surface area contributed by atoms with Crippen molar-refractivity contribution in [3.63, 3.8) is 0 Å². The SMILES string of the molecule is Cc1ccc2c(-c3ncc4c(N5CCC6CNC(C6)C5)nc(OC[C@@H]5CCCN5C)nc4c3F)cccc2c1. The van der Waals surface area contributed by atoms with Crippen molar-refractivity contribution in [2.45, 2.75) is 44.7 Å². The summed E-state index contributed by atoms with van der Waals surface area (Å²) in [6.45, 7) is 6.42. The first-order valence-electron chi connectivity index (χ1n) is 14.2. The molecule has 0 saturated carbocycles. The monoisotopic (exact) mass is 526 g/mol. The lowest BCUT2D eigenvalue weighted by Gasteiger charge is -2.28. The van der Waals surface area contributed by atoms with Crippen LogP contribution in [0.2, 0.25) is 0 Å². The highest BCUT2D eigenvalue weighted by atomic mass is 19.1. The minimum atomic E-state index is -0.429. The second-order valence-corrected chi connectivity index (χ2v) is 11.6. The number of ether oxygens (including phenoxy) is 1. The summed E-state index contributed by atoms with van der Waals surface area (Å²) in [5.41, 5.74) is 2.50. The van der Waals surface area contributed by atoms with Gasteiger partial charge in [0.1, 0.15) is 23.6 Å². The number of hydrogen-bond donors (Lipinski definition) is 1. The van der Waals surface area contributed by atoms with Gasteiger partial charge in [-0.15, -0.1) is 0 Å². The van der Waals surface area contributed by atoms with E-state index < -0.39 is 5.82 Å². The fourth-order valence-electron chi connectivity index (χ4n) is 6.63. The minimum absolute atomic E-state index is 0.241. The van der Waals surface area contributed by atoms with Gasteiger partial charge in [0.05, 0.1) is 5.39 Å². The minimum Gasteiger partial charge on any atom is -0.462 e. The summed E-state index contributed by atoms with van der Waals surface area (Å²) >= 11 is 0. The number of halogens is 1. The third-order valence-corrected chi connectivity index (χ3v) is 8.87. The molecule has 3 fully saturated rings. The summed E-state index contributed by atoms with van der Waals surface area (Å²) in [5, 5.41) is 6.31. The van der Waals surface area contributed by atoms with E-state index in [9.17, 15) is 0 Å². The largest absolute Gasteiger partial charge is 0.462 e. The number of nitrogens with one attached hydrogen (secondary N) is 1. The van der Waals surface area contributed by atoms with Crippen LogP contribution in [-0.4, -0.2) is 71.8 Å². The third kappa shape index (κ3) is 4.59. The summed E-state index contributed by atoms with van der Waals surface area (Å²) in [7, 11) is 2.12. The zero-order valence-electron chi connectivity index (χ0n) is 22.7. The molecule has 0 amide bonds. The Kier molecular flexibility index (Phi) is 6.32. The van der Waals surface area contributed by atoms with Crippen LogP contribution < -0.4 is 15.0 Å². The van der Waals surface area contributed by atoms with Crippen LogP contribution >= 0.6 is 0 Å². The molecule has 4 aromatic rings. The molecule has 3 aliphatic heterocycles. The van der Waals surface area contributed by atoms with Crippen molar-refractivity contribution in [3.8, 4) is 17.3 Å². The van der Waals surface area contributed by atoms with Gasteiger partial charge in [0, 0.05) is 36.9 Å². The Morgan fingerprint density at radius 3 is 2.90 bits per heavy atom. The first-order chi connectivity index (χ1) is 19.0. The lowest BCUT2D eigenvalue weighted by atomic mass is 9.99. The predicted octanol–water partition coefficient (Wildman–Crippen LogP) is 4.95. The summed E-state index contributed by atoms with van der Waals surface area (Å²) in [6, 6.07) is 13.1. The van der Waals surface area contributed by atoms with Crippen molar-refractivity contribution in [2.75, 3.05) is 44.7 Å². The van der Waals surface area contributed by atoms with Crippen LogP contribution in [0.5, 0.6) is 6.01 Å². The molecule has 2 unspecified atom stereocenters. The molecule has 2 bridgehead atoms. The number of pyridine rings is 1. The first kappa shape index (κ1) is 24.7. The molecule has 3 atom stereocenters. The highest BCUT2D eigenvalue weighted by Gasteiger charge is 2.32. The van der Waals surface area contributed by atoms with Crippen LogP contribution in [0.25, 0.3) is 32.9 Å². The zero-order valence-corrected chi connectivity index (χ0v) is 22.7. The number of aromatic nitrogens is 3. The van der Waals surface area contributed by atoms with Gasteiger partial charge in [-0.1, -0.05) is 42.0 Å². The molecule has 1 N–H and O–H groups in total. The second-order valence-electron chi connectivity index (χ2n) is 11.6. The Morgan fingerprint density at radius 2 is 2.03 bits per heavy atom. The van der Waals surface area contributed by atoms with E-state index in [4.69, 9.17) is 9.72 Å². The summed E-state index contributed by atoms with van der Waals surface area (Å²) in [6.07, 6.45) is 6.25. The summed E-state index contributed by atoms with van der Waals surface area (Å²) in [5.74, 6) is 0.968. The molecule has 3 aliphatic rings. The molecule has 39 heavy (non-hydrogen) atoms. The van der Waals surface area contributed by atoms with E-state index >= 15 is 4.39 Å². The van der Waals surface area contributed by atoms with Gasteiger partial charge in [-0.2, -0.15) is 9.97 Å². The van der Waals surface area contributed by atoms with E-state index in [1.54, 1.807) is 6.20 Å². The maximum Gasteiger partial charge on any atom is 0.319 e. The van der Waals surface area contributed by atoms with Crippen molar-refractivity contribution < 1.29 is 9.13 Å². The van der Waals surface area contributed by atoms with Gasteiger partial charge in [0.15, 0.2) is 5.82 Å². The van der Waals surface area contributed by atoms with Crippen molar-refractivity contribution in [1.29, 1.82) is 0 Å². The number of fused-ring (bicyclic) bond motifs is 4. The quantitative estimate of drug-likeness (QED) is 0.395. The molecular formula is C31H35FN6O. The van der Waals surface area contributed by atoms with Gasteiger partial charge in [0.25, 0.3) is 0 Å². The Bertz CT molecular complexity index is 1540. The van der Waals surface area contributed by atoms with Crippen LogP contribution in [-0.2, 0) is 0 Å². The molecule has 3 saturated heterocycles. The molecule has 0 spiro atoms. The molecular weight excluding hydrogens is 491 g/mol. The fourth-order valence-corrected chi connectivity index (χ4v) is 6.63. The number of aryl methyl sites for hydroxylation is 1. The number of likely N-dealkylation sites (tertiary alicyclic amines) is 1. The Balaban J connectivity index is 1.34. The van der Waals surface area contributed by atoms with E-state index in [2.05, 4.69) is 57.3 Å². The van der Waals surface area contributed by atoms with E-state index in [-0.39, 0.29) is 11.5 Å². The lowest BCUT2D eigenvalue weighted by molar-refractivity contribution is 0.188. The smallest absolute Gasteiger partial charge is 0.319 e. The van der Waals surface area contributed by atoms with E-state index in [1.807, 2.05) is 18.2 Å². The van der Waals surface area contributed by atoms with Crippen LogP contribution in [0.4, 0.5) is 10.2 Å². The zero-order chi connectivity index (χ0) is 26.5. The van der Waals surface area contributed by atoms with Gasteiger partial charge < -0.3 is 19.9 Å². The van der Waals surface area contributed by atoms with Crippen LogP contribution in [0, 0.1) is 18.7 Å². The molecule has 7 rings (SSSR count). The van der Waals surface area contributed by atoms with Crippen LogP contribution in [0.15, 0.2) is 42.6 Å². The molecule has 0 radical (unpaired) electrons. The molecule has 2 aromatic carbocycles. The molecule has 2 aromatic heterocycles. The molecule has 8 heteroatoms. The van der Waals surface area contributed by atoms with Gasteiger partial charge in [-0.25, -0.2) is 4.39 Å². The summed E-state index contributed by atoms with van der Waals surface area (Å²) < 4.78 is 22.7. The van der Waals surface area contributed by atoms with Crippen molar-refractivity contribution in [3.05, 3.63) is 54.0 Å². The number of nitrogens with zero attached hydrogens (tertiary/aromatic N) is 5. The van der Waals surface area contributed by atoms with Crippen LogP contribution in [0.3, 0.4) is 0 Å². The Hall–Kier alpha value is -3.36. The molecule has 0 aliphatic carbocycles. The average Bonchev–Trinajstić information content (AvgIpc) is 3.50. The topological polar surface area (TPSA) is 66.4 Å². The highest BCUT2D eigenvalue weighted by Crippen LogP contribution is 2.36. The normalized spacial score (nSPS) is 23.6. The Morgan fingerprint density at radius 1 is 1.10 bits per heavy atom. The fraction of sp³-hybridized carbons (Fsp3) is 0.452. The number of hydrogen-bond acceptors (Lipinski definition) is 7. The van der Waals surface area contributed by atoms with Crippen molar-refractivity contribution >= 4 is 27.5 Å². The van der Waals surface area contributed by atoms with Crippen LogP contribution in [0.1, 0.15) is 31.2 Å². The number of anilines is 1.